The predicted molar refractivity (Wildman–Crippen MR) is 271 cm³/mol. The van der Waals surface area contributed by atoms with Crippen LogP contribution in [0.15, 0.2) is 36.4 Å². The molecule has 0 aliphatic carbocycles. The number of amides is 8. The van der Waals surface area contributed by atoms with Gasteiger partial charge in [0.1, 0.15) is 48.6 Å². The highest BCUT2D eigenvalue weighted by atomic mass is 16.5. The number of phenols is 1. The van der Waals surface area contributed by atoms with Crippen LogP contribution in [0.5, 0.6) is 5.75 Å². The molecule has 0 spiro atoms. The number of hydrogen-bond acceptors (Lipinski definition) is 15. The highest BCUT2D eigenvalue weighted by molar-refractivity contribution is 5.96. The summed E-state index contributed by atoms with van der Waals surface area (Å²) in [6, 6.07) is -4.54. The third-order valence-electron chi connectivity index (χ3n) is 12.4. The van der Waals surface area contributed by atoms with E-state index in [1.165, 1.54) is 30.2 Å². The van der Waals surface area contributed by atoms with Crippen LogP contribution >= 0.6 is 0 Å². The quantitative estimate of drug-likeness (QED) is 0.0342. The van der Waals surface area contributed by atoms with Gasteiger partial charge in [0, 0.05) is 26.0 Å². The molecule has 1 aliphatic rings. The van der Waals surface area contributed by atoms with Crippen LogP contribution in [0, 0.1) is 17.8 Å². The van der Waals surface area contributed by atoms with Gasteiger partial charge in [-0.25, -0.2) is 4.79 Å². The highest BCUT2D eigenvalue weighted by Gasteiger charge is 2.37. The second-order valence-electron chi connectivity index (χ2n) is 19.7. The zero-order valence-electron chi connectivity index (χ0n) is 44.1. The molecule has 0 saturated heterocycles. The lowest BCUT2D eigenvalue weighted by Gasteiger charge is -2.32. The van der Waals surface area contributed by atoms with E-state index in [0.717, 1.165) is 44.6 Å². The number of carbonyl (C=O) groups is 9. The summed E-state index contributed by atoms with van der Waals surface area (Å²) in [4.78, 5) is 121. The van der Waals surface area contributed by atoms with E-state index < -0.39 is 158 Å². The summed E-state index contributed by atoms with van der Waals surface area (Å²) in [5, 5.41) is 68.3. The molecule has 1 aromatic carbocycles. The number of aromatic hydroxyl groups is 1. The minimum atomic E-state index is -1.77. The van der Waals surface area contributed by atoms with E-state index in [-0.39, 0.29) is 18.6 Å². The molecule has 0 radical (unpaired) electrons. The first-order valence-corrected chi connectivity index (χ1v) is 25.5. The van der Waals surface area contributed by atoms with Crippen LogP contribution in [0.4, 0.5) is 0 Å². The molecule has 1 aromatic rings. The van der Waals surface area contributed by atoms with Gasteiger partial charge in [-0.05, 0) is 41.9 Å². The molecule has 8 amide bonds. The fraction of sp³-hybridized carbons (Fsp3) is 0.667. The van der Waals surface area contributed by atoms with Gasteiger partial charge in [-0.2, -0.15) is 0 Å². The van der Waals surface area contributed by atoms with Crippen LogP contribution in [0.1, 0.15) is 112 Å². The molecule has 0 bridgehead atoms. The fourth-order valence-corrected chi connectivity index (χ4v) is 7.81. The summed E-state index contributed by atoms with van der Waals surface area (Å²) in [5.41, 5.74) is 0.583. The molecule has 12 N–H and O–H groups in total. The molecule has 0 aromatic heterocycles. The second-order valence-corrected chi connectivity index (χ2v) is 19.7. The lowest BCUT2D eigenvalue weighted by Crippen LogP contribution is -2.59. The van der Waals surface area contributed by atoms with Crippen LogP contribution in [0.3, 0.4) is 0 Å². The molecule has 1 heterocycles. The normalized spacial score (nSPS) is 18.9. The van der Waals surface area contributed by atoms with E-state index >= 15 is 0 Å². The summed E-state index contributed by atoms with van der Waals surface area (Å²) in [7, 11) is 1.40. The highest BCUT2D eigenvalue weighted by Crippen LogP contribution is 2.18. The summed E-state index contributed by atoms with van der Waals surface area (Å²) in [5.74, 6) is -8.69. The number of likely N-dealkylation sites (N-methyl/N-ethyl adjacent to an activating group) is 1. The van der Waals surface area contributed by atoms with Gasteiger partial charge < -0.3 is 72.4 Å². The molecule has 74 heavy (non-hydrogen) atoms. The van der Waals surface area contributed by atoms with Crippen molar-refractivity contribution in [3.8, 4) is 5.75 Å². The Bertz CT molecular complexity index is 2030. The van der Waals surface area contributed by atoms with Crippen LogP contribution in [0.25, 0.3) is 0 Å². The number of hydrogen-bond donors (Lipinski definition) is 12. The number of unbranched alkanes of at least 4 members (excludes halogenated alkanes) is 6. The number of nitrogens with zero attached hydrogens (tertiary/aromatic N) is 1. The van der Waals surface area contributed by atoms with Gasteiger partial charge in [0.25, 0.3) is 0 Å². The van der Waals surface area contributed by atoms with Crippen molar-refractivity contribution >= 4 is 53.2 Å². The Morgan fingerprint density at radius 2 is 1.26 bits per heavy atom. The van der Waals surface area contributed by atoms with Gasteiger partial charge in [0.15, 0.2) is 0 Å². The minimum Gasteiger partial charge on any atom is -0.508 e. The van der Waals surface area contributed by atoms with E-state index in [1.54, 1.807) is 53.7 Å². The number of aliphatic hydroxyl groups excluding tert-OH is 4. The van der Waals surface area contributed by atoms with Gasteiger partial charge in [0.2, 0.25) is 47.3 Å². The maximum absolute atomic E-state index is 13.8. The summed E-state index contributed by atoms with van der Waals surface area (Å²) < 4.78 is 5.62. The van der Waals surface area contributed by atoms with Crippen molar-refractivity contribution in [1.29, 1.82) is 0 Å². The zero-order chi connectivity index (χ0) is 55.7. The molecule has 0 fully saturated rings. The molecule has 416 valence electrons. The molecule has 1 aliphatic heterocycles. The monoisotopic (exact) mass is 1050 g/mol. The van der Waals surface area contributed by atoms with Gasteiger partial charge in [0.05, 0.1) is 44.4 Å². The number of ether oxygens (including phenoxy) is 1. The summed E-state index contributed by atoms with van der Waals surface area (Å²) in [6.07, 6.45) is 6.74. The van der Waals surface area contributed by atoms with E-state index in [9.17, 15) is 68.7 Å². The zero-order valence-corrected chi connectivity index (χ0v) is 44.1. The number of nitrogens with one attached hydrogen (secondary N) is 7. The summed E-state index contributed by atoms with van der Waals surface area (Å²) >= 11 is 0. The standard InChI is InChI=1S/C51H82N8O15/c1-9-10-11-12-13-14-15-16-40(65)53-36(26-61)46(68)58-44(30(4)5)49(71)55-35(25-60)39(64)24-42(67)54-37(27-62)47(69)57-43(29(2)3)48(70)52-33-19-22-41(66)56-45(31(6)7)50(72)59(8)38(51(73)74-28-33)23-32-17-20-34(63)21-18-32/h17-22,29-31,33,35-39,43-45,60-64H,9-16,23-28H2,1-8H3,(H,52,70)(H,53,65)(H,54,67)(H,55,71)(H,56,66)(H,57,69)(H,58,68). The number of aliphatic hydroxyl groups is 4. The average Bonchev–Trinajstić information content (AvgIpc) is 3.35. The average molecular weight is 1050 g/mol. The van der Waals surface area contributed by atoms with Crippen molar-refractivity contribution in [3.05, 3.63) is 42.0 Å². The Balaban J connectivity index is 2.12. The first kappa shape index (κ1) is 63.9. The number of rotatable bonds is 29. The van der Waals surface area contributed by atoms with Gasteiger partial charge in [-0.3, -0.25) is 38.4 Å². The van der Waals surface area contributed by atoms with E-state index in [1.807, 2.05) is 0 Å². The molecular weight excluding hydrogens is 965 g/mol. The fourth-order valence-electron chi connectivity index (χ4n) is 7.81. The number of cyclic esters (lactones) is 1. The van der Waals surface area contributed by atoms with Crippen LogP contribution < -0.4 is 37.2 Å². The molecule has 23 heteroatoms. The third kappa shape index (κ3) is 21.7. The first-order valence-electron chi connectivity index (χ1n) is 25.5. The van der Waals surface area contributed by atoms with Crippen molar-refractivity contribution in [3.63, 3.8) is 0 Å². The van der Waals surface area contributed by atoms with Crippen LogP contribution in [0.2, 0.25) is 0 Å². The molecule has 23 nitrogen and oxygen atoms in total. The first-order chi connectivity index (χ1) is 35.0. The number of esters is 1. The molecule has 0 saturated carbocycles. The largest absolute Gasteiger partial charge is 0.508 e. The van der Waals surface area contributed by atoms with Gasteiger partial charge >= 0.3 is 5.97 Å². The molecule has 9 unspecified atom stereocenters. The third-order valence-corrected chi connectivity index (χ3v) is 12.4. The summed E-state index contributed by atoms with van der Waals surface area (Å²) in [6.45, 7) is 8.80. The Kier molecular flexibility index (Phi) is 28.4. The van der Waals surface area contributed by atoms with Crippen molar-refractivity contribution in [2.75, 3.05) is 33.5 Å². The molecule has 2 rings (SSSR count). The molecule has 9 atom stereocenters. The van der Waals surface area contributed by atoms with Crippen LogP contribution in [-0.2, 0) is 54.3 Å². The number of phenolic OH excluding ortho intramolecular Hbond substituents is 1. The second kappa shape index (κ2) is 32.9. The van der Waals surface area contributed by atoms with Crippen molar-refractivity contribution in [1.82, 2.24) is 42.1 Å². The SMILES string of the molecule is CCCCCCCCCC(=O)NC(CO)C(=O)NC(C(=O)NC(CO)C(O)CC(=O)NC(CO)C(=O)NC(C(=O)NC1C=CC(=O)NC(C(C)C)C(=O)N(C)C(Cc2ccc(O)cc2)C(=O)OC1)C(C)C)C(C)C. The van der Waals surface area contributed by atoms with E-state index in [2.05, 4.69) is 44.1 Å². The minimum absolute atomic E-state index is 0.0120. The maximum atomic E-state index is 13.8. The Hall–Kier alpha value is -6.17. The predicted octanol–water partition coefficient (Wildman–Crippen LogP) is -0.895. The van der Waals surface area contributed by atoms with Gasteiger partial charge in [-0.15, -0.1) is 0 Å². The lowest BCUT2D eigenvalue weighted by molar-refractivity contribution is -0.156. The Morgan fingerprint density at radius 1 is 0.716 bits per heavy atom. The smallest absolute Gasteiger partial charge is 0.329 e. The Labute approximate surface area is 433 Å². The van der Waals surface area contributed by atoms with Gasteiger partial charge in [-0.1, -0.05) is 105 Å². The van der Waals surface area contributed by atoms with Crippen molar-refractivity contribution in [2.24, 2.45) is 17.8 Å². The number of benzene rings is 1. The topological polar surface area (TPSA) is 351 Å². The lowest BCUT2D eigenvalue weighted by atomic mass is 9.99. The van der Waals surface area contributed by atoms with E-state index in [4.69, 9.17) is 4.74 Å². The molecular formula is C51H82N8O15. The van der Waals surface area contributed by atoms with E-state index in [0.29, 0.717) is 12.0 Å². The Morgan fingerprint density at radius 3 is 1.78 bits per heavy atom. The van der Waals surface area contributed by atoms with Crippen LogP contribution in [-0.4, -0.2) is 172 Å². The number of carbonyl (C=O) groups excluding carboxylic acids is 9. The van der Waals surface area contributed by atoms with Crippen molar-refractivity contribution < 1.29 is 73.4 Å². The van der Waals surface area contributed by atoms with Crippen molar-refractivity contribution in [2.45, 2.75) is 167 Å². The maximum Gasteiger partial charge on any atom is 0.329 e.